The number of aromatic nitrogens is 3. The van der Waals surface area contributed by atoms with Crippen LogP contribution in [-0.2, 0) is 11.3 Å². The van der Waals surface area contributed by atoms with Crippen molar-refractivity contribution in [2.45, 2.75) is 39.4 Å². The minimum Gasteiger partial charge on any atom is -0.351 e. The van der Waals surface area contributed by atoms with Gasteiger partial charge in [-0.05, 0) is 56.0 Å². The number of carbonyl (C=O) groups excluding carboxylic acids is 1. The first kappa shape index (κ1) is 19.2. The molecular formula is C21H24N4OS. The highest BCUT2D eigenvalue weighted by Crippen LogP contribution is 2.24. The first-order chi connectivity index (χ1) is 13.0. The van der Waals surface area contributed by atoms with E-state index < -0.39 is 0 Å². The highest BCUT2D eigenvalue weighted by Gasteiger charge is 2.15. The van der Waals surface area contributed by atoms with Crippen molar-refractivity contribution >= 4 is 17.7 Å². The smallest absolute Gasteiger partial charge is 0.230 e. The van der Waals surface area contributed by atoms with Crippen LogP contribution >= 0.6 is 11.8 Å². The summed E-state index contributed by atoms with van der Waals surface area (Å²) in [5.74, 6) is 1.09. The third-order valence-electron chi connectivity index (χ3n) is 4.47. The van der Waals surface area contributed by atoms with Crippen LogP contribution in [0.25, 0.3) is 5.69 Å². The van der Waals surface area contributed by atoms with Crippen molar-refractivity contribution in [1.29, 1.82) is 0 Å². The van der Waals surface area contributed by atoms with Crippen molar-refractivity contribution < 1.29 is 4.79 Å². The summed E-state index contributed by atoms with van der Waals surface area (Å²) in [4.78, 5) is 12.3. The monoisotopic (exact) mass is 380 g/mol. The van der Waals surface area contributed by atoms with Gasteiger partial charge in [-0.2, -0.15) is 0 Å². The molecule has 0 aliphatic rings. The van der Waals surface area contributed by atoms with Crippen molar-refractivity contribution in [3.05, 3.63) is 70.5 Å². The number of hydrogen-bond acceptors (Lipinski definition) is 4. The molecule has 0 saturated carbocycles. The van der Waals surface area contributed by atoms with Gasteiger partial charge in [-0.15, -0.1) is 10.2 Å². The molecule has 0 radical (unpaired) electrons. The van der Waals surface area contributed by atoms with Gasteiger partial charge in [0, 0.05) is 6.54 Å². The maximum Gasteiger partial charge on any atom is 0.230 e. The second kappa shape index (κ2) is 8.39. The van der Waals surface area contributed by atoms with Gasteiger partial charge in [0.1, 0.15) is 5.82 Å². The Bertz CT molecular complexity index is 965. The van der Waals surface area contributed by atoms with Crippen molar-refractivity contribution in [3.63, 3.8) is 0 Å². The Kier molecular flexibility index (Phi) is 5.96. The van der Waals surface area contributed by atoms with Gasteiger partial charge in [0.2, 0.25) is 5.91 Å². The summed E-state index contributed by atoms with van der Waals surface area (Å²) in [5.41, 5.74) is 5.69. The fourth-order valence-electron chi connectivity index (χ4n) is 2.86. The maximum atomic E-state index is 12.3. The van der Waals surface area contributed by atoms with E-state index in [-0.39, 0.29) is 5.91 Å². The van der Waals surface area contributed by atoms with Gasteiger partial charge in [0.05, 0.1) is 11.4 Å². The lowest BCUT2D eigenvalue weighted by molar-refractivity contribution is -0.118. The molecule has 3 rings (SSSR count). The average Bonchev–Trinajstić information content (AvgIpc) is 3.01. The van der Waals surface area contributed by atoms with Gasteiger partial charge < -0.3 is 5.32 Å². The number of nitrogens with one attached hydrogen (secondary N) is 1. The lowest BCUT2D eigenvalue weighted by atomic mass is 10.1. The fourth-order valence-corrected chi connectivity index (χ4v) is 3.68. The molecule has 0 bridgehead atoms. The number of nitrogens with zero attached hydrogens (tertiary/aromatic N) is 3. The lowest BCUT2D eigenvalue weighted by Crippen LogP contribution is -2.25. The van der Waals surface area contributed by atoms with Crippen LogP contribution in [0.3, 0.4) is 0 Å². The molecule has 27 heavy (non-hydrogen) atoms. The molecule has 0 aliphatic carbocycles. The normalized spacial score (nSPS) is 10.8. The van der Waals surface area contributed by atoms with Crippen LogP contribution in [0.2, 0.25) is 0 Å². The highest BCUT2D eigenvalue weighted by molar-refractivity contribution is 7.99. The first-order valence-electron chi connectivity index (χ1n) is 8.89. The molecule has 2 aromatic carbocycles. The predicted octanol–water partition coefficient (Wildman–Crippen LogP) is 3.91. The Morgan fingerprint density at radius 3 is 2.59 bits per heavy atom. The van der Waals surface area contributed by atoms with Crippen LogP contribution in [0.5, 0.6) is 0 Å². The maximum absolute atomic E-state index is 12.3. The second-order valence-electron chi connectivity index (χ2n) is 6.65. The first-order valence-corrected chi connectivity index (χ1v) is 9.88. The van der Waals surface area contributed by atoms with Crippen LogP contribution in [0.4, 0.5) is 0 Å². The molecule has 0 unspecified atom stereocenters. The molecule has 0 atom stereocenters. The molecule has 0 fully saturated rings. The van der Waals surface area contributed by atoms with E-state index in [1.54, 1.807) is 0 Å². The molecule has 1 amide bonds. The number of hydrogen-bond donors (Lipinski definition) is 1. The summed E-state index contributed by atoms with van der Waals surface area (Å²) in [7, 11) is 0. The summed E-state index contributed by atoms with van der Waals surface area (Å²) in [6.45, 7) is 8.64. The van der Waals surface area contributed by atoms with Crippen molar-refractivity contribution in [2.75, 3.05) is 5.75 Å². The zero-order valence-electron chi connectivity index (χ0n) is 16.1. The number of rotatable bonds is 6. The van der Waals surface area contributed by atoms with E-state index in [2.05, 4.69) is 47.6 Å². The molecule has 1 N–H and O–H groups in total. The lowest BCUT2D eigenvalue weighted by Gasteiger charge is -2.12. The van der Waals surface area contributed by atoms with Crippen LogP contribution in [0, 0.1) is 27.7 Å². The van der Waals surface area contributed by atoms with Crippen molar-refractivity contribution in [3.8, 4) is 5.69 Å². The molecule has 0 saturated heterocycles. The number of carbonyl (C=O) groups is 1. The zero-order valence-corrected chi connectivity index (χ0v) is 16.9. The largest absolute Gasteiger partial charge is 0.351 e. The number of benzene rings is 2. The summed E-state index contributed by atoms with van der Waals surface area (Å²) in [5, 5.41) is 12.2. The minimum absolute atomic E-state index is 0.0172. The topological polar surface area (TPSA) is 59.8 Å². The van der Waals surface area contributed by atoms with Gasteiger partial charge in [-0.1, -0.05) is 48.2 Å². The number of amides is 1. The number of aryl methyl sites for hydroxylation is 4. The SMILES string of the molecule is Cc1ccc(C)c(-n2c(C)nnc2SCC(=O)NCc2ccccc2C)c1. The second-order valence-corrected chi connectivity index (χ2v) is 7.59. The van der Waals surface area contributed by atoms with Gasteiger partial charge in [0.25, 0.3) is 0 Å². The Morgan fingerprint density at radius 1 is 1.04 bits per heavy atom. The average molecular weight is 381 g/mol. The van der Waals surface area contributed by atoms with Gasteiger partial charge in [0.15, 0.2) is 5.16 Å². The Balaban J connectivity index is 1.68. The van der Waals surface area contributed by atoms with Crippen LogP contribution in [0.15, 0.2) is 47.6 Å². The third-order valence-corrected chi connectivity index (χ3v) is 5.40. The highest BCUT2D eigenvalue weighted by atomic mass is 32.2. The predicted molar refractivity (Wildman–Crippen MR) is 109 cm³/mol. The van der Waals surface area contributed by atoms with Crippen LogP contribution < -0.4 is 5.32 Å². The van der Waals surface area contributed by atoms with Gasteiger partial charge in [-0.25, -0.2) is 0 Å². The quantitative estimate of drug-likeness (QED) is 0.659. The zero-order chi connectivity index (χ0) is 19.4. The number of thioether (sulfide) groups is 1. The Morgan fingerprint density at radius 2 is 1.81 bits per heavy atom. The van der Waals surface area contributed by atoms with E-state index in [0.29, 0.717) is 12.3 Å². The van der Waals surface area contributed by atoms with E-state index in [9.17, 15) is 4.79 Å². The van der Waals surface area contributed by atoms with E-state index in [1.807, 2.05) is 42.7 Å². The van der Waals surface area contributed by atoms with Gasteiger partial charge in [-0.3, -0.25) is 9.36 Å². The summed E-state index contributed by atoms with van der Waals surface area (Å²) in [6.07, 6.45) is 0. The standard InChI is InChI=1S/C21H24N4OS/c1-14-9-10-16(3)19(11-14)25-17(4)23-24-21(25)27-13-20(26)22-12-18-8-6-5-7-15(18)2/h5-11H,12-13H2,1-4H3,(H,22,26). The molecule has 3 aromatic rings. The molecule has 0 spiro atoms. The van der Waals surface area contributed by atoms with E-state index in [1.165, 1.54) is 22.9 Å². The summed E-state index contributed by atoms with van der Waals surface area (Å²) < 4.78 is 2.02. The van der Waals surface area contributed by atoms with Gasteiger partial charge >= 0.3 is 0 Å². The van der Waals surface area contributed by atoms with E-state index in [0.717, 1.165) is 27.8 Å². The molecule has 0 aliphatic heterocycles. The fraction of sp³-hybridized carbons (Fsp3) is 0.286. The van der Waals surface area contributed by atoms with E-state index in [4.69, 9.17) is 0 Å². The molecular weight excluding hydrogens is 356 g/mol. The molecule has 1 heterocycles. The van der Waals surface area contributed by atoms with Crippen molar-refractivity contribution in [1.82, 2.24) is 20.1 Å². The Labute approximate surface area is 164 Å². The molecule has 6 heteroatoms. The van der Waals surface area contributed by atoms with E-state index >= 15 is 0 Å². The van der Waals surface area contributed by atoms with Crippen LogP contribution in [-0.4, -0.2) is 26.4 Å². The van der Waals surface area contributed by atoms with Crippen molar-refractivity contribution in [2.24, 2.45) is 0 Å². The molecule has 1 aromatic heterocycles. The minimum atomic E-state index is -0.0172. The molecule has 5 nitrogen and oxygen atoms in total. The summed E-state index contributed by atoms with van der Waals surface area (Å²) in [6, 6.07) is 14.4. The third kappa shape index (κ3) is 4.57. The summed E-state index contributed by atoms with van der Waals surface area (Å²) >= 11 is 1.40. The molecule has 140 valence electrons. The van der Waals surface area contributed by atoms with Crippen LogP contribution in [0.1, 0.15) is 28.1 Å². The Hall–Kier alpha value is -2.60.